The molecule has 4 heterocycles. The van der Waals surface area contributed by atoms with Crippen molar-refractivity contribution in [3.8, 4) is 0 Å². The van der Waals surface area contributed by atoms with Crippen LogP contribution in [0.5, 0.6) is 0 Å². The smallest absolute Gasteiger partial charge is 0.250 e. The fourth-order valence-electron chi connectivity index (χ4n) is 4.95. The van der Waals surface area contributed by atoms with Crippen LogP contribution in [0.4, 0.5) is 0 Å². The second-order valence-electron chi connectivity index (χ2n) is 7.85. The van der Waals surface area contributed by atoms with E-state index < -0.39 is 5.54 Å². The van der Waals surface area contributed by atoms with Crippen LogP contribution in [0.2, 0.25) is 0 Å². The molecule has 0 spiro atoms. The Morgan fingerprint density at radius 3 is 2.41 bits per heavy atom. The van der Waals surface area contributed by atoms with Crippen LogP contribution in [0.15, 0.2) is 18.5 Å². The van der Waals surface area contributed by atoms with E-state index in [0.29, 0.717) is 11.9 Å². The van der Waals surface area contributed by atoms with E-state index in [2.05, 4.69) is 20.2 Å². The van der Waals surface area contributed by atoms with Crippen LogP contribution < -0.4 is 5.32 Å². The van der Waals surface area contributed by atoms with Crippen molar-refractivity contribution < 1.29 is 4.79 Å². The van der Waals surface area contributed by atoms with Crippen LogP contribution in [0, 0.1) is 0 Å². The van der Waals surface area contributed by atoms with Crippen LogP contribution in [0.1, 0.15) is 44.9 Å². The Hall–Kier alpha value is -0.820. The molecule has 0 radical (unpaired) electrons. The van der Waals surface area contributed by atoms with Gasteiger partial charge in [0.25, 0.3) is 5.91 Å². The van der Waals surface area contributed by atoms with E-state index in [0.717, 1.165) is 51.9 Å². The number of hydrogen-bond acceptors (Lipinski definition) is 4. The molecule has 0 saturated carbocycles. The van der Waals surface area contributed by atoms with E-state index in [4.69, 9.17) is 0 Å². The van der Waals surface area contributed by atoms with Gasteiger partial charge in [0, 0.05) is 31.5 Å². The lowest BCUT2D eigenvalue weighted by atomic mass is 9.86. The number of aromatic nitrogens is 2. The first-order valence-electron chi connectivity index (χ1n) is 10.0. The second kappa shape index (κ2) is 10.1. The fourth-order valence-corrected chi connectivity index (χ4v) is 4.95. The number of carbonyl (C=O) groups excluding carboxylic acids is 1. The monoisotopic (exact) mass is 417 g/mol. The summed E-state index contributed by atoms with van der Waals surface area (Å²) in [5, 5.41) is 7.86. The van der Waals surface area contributed by atoms with E-state index in [1.165, 1.54) is 32.4 Å². The molecule has 1 atom stereocenters. The highest BCUT2D eigenvalue weighted by molar-refractivity contribution is 5.86. The van der Waals surface area contributed by atoms with Gasteiger partial charge in [0.2, 0.25) is 0 Å². The summed E-state index contributed by atoms with van der Waals surface area (Å²) < 4.78 is 1.93. The summed E-state index contributed by atoms with van der Waals surface area (Å²) in [7, 11) is 0. The molecule has 0 aromatic carbocycles. The predicted octanol–water partition coefficient (Wildman–Crippen LogP) is 2.28. The van der Waals surface area contributed by atoms with Gasteiger partial charge in [0.05, 0.1) is 0 Å². The summed E-state index contributed by atoms with van der Waals surface area (Å²) in [5.41, 5.74) is -0.484. The summed E-state index contributed by atoms with van der Waals surface area (Å²) in [5.74, 6) is 0.291. The van der Waals surface area contributed by atoms with E-state index >= 15 is 0 Å². The topological polar surface area (TPSA) is 53.4 Å². The Labute approximate surface area is 174 Å². The maximum atomic E-state index is 13.6. The van der Waals surface area contributed by atoms with Gasteiger partial charge in [-0.15, -0.1) is 24.8 Å². The molecule has 27 heavy (non-hydrogen) atoms. The van der Waals surface area contributed by atoms with Crippen LogP contribution in [0.25, 0.3) is 0 Å². The van der Waals surface area contributed by atoms with Gasteiger partial charge in [-0.05, 0) is 77.2 Å². The second-order valence-corrected chi connectivity index (χ2v) is 7.85. The number of likely N-dealkylation sites (tertiary alicyclic amines) is 2. The van der Waals surface area contributed by atoms with E-state index in [1.54, 1.807) is 6.20 Å². The van der Waals surface area contributed by atoms with Crippen molar-refractivity contribution in [3.63, 3.8) is 0 Å². The van der Waals surface area contributed by atoms with Crippen molar-refractivity contribution in [2.75, 3.05) is 39.3 Å². The summed E-state index contributed by atoms with van der Waals surface area (Å²) in [4.78, 5) is 18.4. The molecule has 6 nitrogen and oxygen atoms in total. The van der Waals surface area contributed by atoms with Crippen molar-refractivity contribution in [2.45, 2.75) is 56.5 Å². The van der Waals surface area contributed by atoms with E-state index in [1.807, 2.05) is 16.9 Å². The number of rotatable bonds is 3. The Kier molecular flexibility index (Phi) is 8.40. The van der Waals surface area contributed by atoms with Gasteiger partial charge in [-0.1, -0.05) is 0 Å². The maximum Gasteiger partial charge on any atom is 0.250 e. The highest BCUT2D eigenvalue weighted by atomic mass is 35.5. The molecule has 3 saturated heterocycles. The Bertz CT molecular complexity index is 571. The number of nitrogens with zero attached hydrogens (tertiary/aromatic N) is 4. The van der Waals surface area contributed by atoms with Gasteiger partial charge in [0.15, 0.2) is 0 Å². The molecule has 8 heteroatoms. The third-order valence-electron chi connectivity index (χ3n) is 6.41. The highest BCUT2D eigenvalue weighted by Gasteiger charge is 2.44. The van der Waals surface area contributed by atoms with Gasteiger partial charge >= 0.3 is 0 Å². The SMILES string of the molecule is Cl.Cl.O=C(N1CCCC(N2CCCC2)CC1)C1(n2cccn2)CCNCC1. The minimum Gasteiger partial charge on any atom is -0.341 e. The Balaban J connectivity index is 0.00000131. The fraction of sp³-hybridized carbons (Fsp3) is 0.789. The minimum atomic E-state index is -0.484. The largest absolute Gasteiger partial charge is 0.341 e. The standard InChI is InChI=1S/C19H31N5O.2ClH/c25-18(19(7-10-20-11-8-19)24-15-4-9-21-24)23-14-3-5-17(6-16-23)22-12-1-2-13-22;;/h4,9,15,17,20H,1-3,5-8,10-14,16H2;2*1H. The molecular weight excluding hydrogens is 385 g/mol. The molecule has 154 valence electrons. The molecule has 0 aliphatic carbocycles. The molecule has 4 rings (SSSR count). The molecule has 1 unspecified atom stereocenters. The van der Waals surface area contributed by atoms with Gasteiger partial charge in [-0.3, -0.25) is 9.48 Å². The zero-order chi connectivity index (χ0) is 17.1. The number of nitrogens with one attached hydrogen (secondary N) is 1. The van der Waals surface area contributed by atoms with Crippen molar-refractivity contribution in [3.05, 3.63) is 18.5 Å². The first-order chi connectivity index (χ1) is 12.3. The van der Waals surface area contributed by atoms with Crippen LogP contribution in [0.3, 0.4) is 0 Å². The Morgan fingerprint density at radius 2 is 1.74 bits per heavy atom. The summed E-state index contributed by atoms with van der Waals surface area (Å²) >= 11 is 0. The molecule has 3 aliphatic rings. The van der Waals surface area contributed by atoms with E-state index in [-0.39, 0.29) is 24.8 Å². The maximum absolute atomic E-state index is 13.6. The highest BCUT2D eigenvalue weighted by Crippen LogP contribution is 2.31. The Morgan fingerprint density at radius 1 is 1.00 bits per heavy atom. The van der Waals surface area contributed by atoms with Crippen LogP contribution in [-0.2, 0) is 10.3 Å². The number of carbonyl (C=O) groups is 1. The lowest BCUT2D eigenvalue weighted by Gasteiger charge is -2.40. The summed E-state index contributed by atoms with van der Waals surface area (Å²) in [6, 6.07) is 2.61. The number of piperidine rings is 1. The van der Waals surface area contributed by atoms with Gasteiger partial charge in [-0.25, -0.2) is 0 Å². The number of amides is 1. The zero-order valence-corrected chi connectivity index (χ0v) is 17.6. The molecule has 0 bridgehead atoms. The molecule has 3 fully saturated rings. The molecule has 1 N–H and O–H groups in total. The van der Waals surface area contributed by atoms with Gasteiger partial charge < -0.3 is 15.1 Å². The quantitative estimate of drug-likeness (QED) is 0.819. The van der Waals surface area contributed by atoms with Crippen molar-refractivity contribution in [1.82, 2.24) is 24.9 Å². The first-order valence-corrected chi connectivity index (χ1v) is 10.0. The minimum absolute atomic E-state index is 0. The van der Waals surface area contributed by atoms with Crippen LogP contribution in [-0.4, -0.2) is 70.8 Å². The zero-order valence-electron chi connectivity index (χ0n) is 16.0. The van der Waals surface area contributed by atoms with Crippen molar-refractivity contribution in [1.29, 1.82) is 0 Å². The van der Waals surface area contributed by atoms with Gasteiger partial charge in [-0.2, -0.15) is 5.10 Å². The lowest BCUT2D eigenvalue weighted by Crippen LogP contribution is -2.56. The first kappa shape index (κ1) is 22.5. The predicted molar refractivity (Wildman–Crippen MR) is 112 cm³/mol. The van der Waals surface area contributed by atoms with Gasteiger partial charge in [0.1, 0.15) is 5.54 Å². The number of halogens is 2. The van der Waals surface area contributed by atoms with Crippen molar-refractivity contribution in [2.24, 2.45) is 0 Å². The normalized spacial score (nSPS) is 25.9. The van der Waals surface area contributed by atoms with Crippen LogP contribution >= 0.6 is 24.8 Å². The molecule has 1 amide bonds. The molecule has 1 aromatic rings. The average molecular weight is 418 g/mol. The third-order valence-corrected chi connectivity index (χ3v) is 6.41. The summed E-state index contributed by atoms with van der Waals surface area (Å²) in [6.45, 7) is 6.07. The van der Waals surface area contributed by atoms with E-state index in [9.17, 15) is 4.79 Å². The molecule has 3 aliphatic heterocycles. The molecule has 1 aromatic heterocycles. The lowest BCUT2D eigenvalue weighted by molar-refractivity contribution is -0.143. The van der Waals surface area contributed by atoms with Crippen molar-refractivity contribution >= 4 is 30.7 Å². The third kappa shape index (κ3) is 4.61. The molecular formula is C19H33Cl2N5O. The summed E-state index contributed by atoms with van der Waals surface area (Å²) in [6.07, 6.45) is 11.6. The number of hydrogen-bond donors (Lipinski definition) is 1. The average Bonchev–Trinajstić information content (AvgIpc) is 3.33.